The van der Waals surface area contributed by atoms with E-state index in [9.17, 15) is 28.7 Å². The molecule has 5 rings (SSSR count). The number of anilines is 1. The number of aromatic amines is 1. The minimum atomic E-state index is -1.29. The molecule has 0 bridgehead atoms. The zero-order chi connectivity index (χ0) is 31.4. The molecule has 6 N–H and O–H groups in total. The van der Waals surface area contributed by atoms with Crippen LogP contribution in [0.15, 0.2) is 53.2 Å². The van der Waals surface area contributed by atoms with Crippen molar-refractivity contribution >= 4 is 57.8 Å². The van der Waals surface area contributed by atoms with E-state index in [1.165, 1.54) is 11.8 Å². The van der Waals surface area contributed by atoms with Crippen molar-refractivity contribution in [3.63, 3.8) is 0 Å². The molecule has 2 unspecified atom stereocenters. The lowest BCUT2D eigenvalue weighted by molar-refractivity contribution is -0.689. The molecule has 3 aromatic rings. The SMILES string of the molecule is N#CNC(=O)c1cc(-c2cc[n+](CC3=C(C(=O)O)N4C(=O)C(NC(=O)C(=NOCCF)c5nsc(N)n5)C4SC3)cc2)c[nH]1. The number of carbonyl (C=O) groups excluding carboxylic acids is 3. The Morgan fingerprint density at radius 3 is 2.77 bits per heavy atom. The van der Waals surface area contributed by atoms with Gasteiger partial charge in [-0.15, -0.1) is 11.8 Å². The first-order valence-corrected chi connectivity index (χ1v) is 14.5. The van der Waals surface area contributed by atoms with Crippen LogP contribution in [0.3, 0.4) is 0 Å². The summed E-state index contributed by atoms with van der Waals surface area (Å²) in [7, 11) is 0. The molecule has 3 amide bonds. The van der Waals surface area contributed by atoms with E-state index in [-0.39, 0.29) is 34.6 Å². The second-order valence-corrected chi connectivity index (χ2v) is 11.1. The summed E-state index contributed by atoms with van der Waals surface area (Å²) in [6.07, 6.45) is 6.65. The van der Waals surface area contributed by atoms with Gasteiger partial charge in [0.1, 0.15) is 36.1 Å². The molecule has 226 valence electrons. The number of carbonyl (C=O) groups is 4. The van der Waals surface area contributed by atoms with Crippen molar-refractivity contribution < 1.29 is 38.1 Å². The summed E-state index contributed by atoms with van der Waals surface area (Å²) in [6.45, 7) is -1.10. The van der Waals surface area contributed by atoms with Gasteiger partial charge in [0.15, 0.2) is 30.3 Å². The van der Waals surface area contributed by atoms with Crippen molar-refractivity contribution in [3.8, 4) is 17.3 Å². The maximum Gasteiger partial charge on any atom is 0.352 e. The molecule has 2 aliphatic rings. The van der Waals surface area contributed by atoms with Crippen molar-refractivity contribution in [1.82, 2.24) is 29.9 Å². The molecule has 19 heteroatoms. The van der Waals surface area contributed by atoms with Gasteiger partial charge in [0.2, 0.25) is 11.5 Å². The van der Waals surface area contributed by atoms with Crippen LogP contribution in [0.25, 0.3) is 11.1 Å². The maximum absolute atomic E-state index is 13.1. The van der Waals surface area contributed by atoms with E-state index < -0.39 is 54.1 Å². The van der Waals surface area contributed by atoms with E-state index in [1.54, 1.807) is 47.5 Å². The van der Waals surface area contributed by atoms with Gasteiger partial charge in [0.25, 0.3) is 17.7 Å². The topological polar surface area (TPSA) is 233 Å². The fourth-order valence-corrected chi connectivity index (χ4v) is 6.23. The van der Waals surface area contributed by atoms with Crippen molar-refractivity contribution in [2.45, 2.75) is 18.0 Å². The third-order valence-corrected chi connectivity index (χ3v) is 8.31. The average molecular weight is 642 g/mol. The smallest absolute Gasteiger partial charge is 0.352 e. The highest BCUT2D eigenvalue weighted by Crippen LogP contribution is 2.40. The lowest BCUT2D eigenvalue weighted by atomic mass is 10.0. The molecule has 0 aliphatic carbocycles. The number of nitrogen functional groups attached to an aromatic ring is 1. The molecule has 44 heavy (non-hydrogen) atoms. The van der Waals surface area contributed by atoms with Gasteiger partial charge in [0, 0.05) is 46.8 Å². The summed E-state index contributed by atoms with van der Waals surface area (Å²) in [5.41, 5.74) is 7.19. The number of pyridine rings is 1. The van der Waals surface area contributed by atoms with E-state index in [1.807, 2.05) is 5.32 Å². The second kappa shape index (κ2) is 12.9. The van der Waals surface area contributed by atoms with Crippen molar-refractivity contribution in [3.05, 3.63) is 59.6 Å². The molecular weight excluding hydrogens is 619 g/mol. The number of thioether (sulfide) groups is 1. The minimum absolute atomic E-state index is 0.0515. The van der Waals surface area contributed by atoms with Crippen LogP contribution in [-0.4, -0.2) is 84.2 Å². The van der Waals surface area contributed by atoms with Gasteiger partial charge in [-0.3, -0.25) is 24.6 Å². The summed E-state index contributed by atoms with van der Waals surface area (Å²) in [5.74, 6) is -3.27. The molecule has 0 radical (unpaired) electrons. The van der Waals surface area contributed by atoms with Crippen LogP contribution in [0.1, 0.15) is 16.3 Å². The number of nitriles is 1. The molecule has 3 aromatic heterocycles. The molecular formula is C25H22FN10O6S2+. The minimum Gasteiger partial charge on any atom is -0.477 e. The van der Waals surface area contributed by atoms with E-state index in [2.05, 4.69) is 24.8 Å². The number of nitrogens with two attached hydrogens (primary N) is 1. The molecule has 0 saturated carbocycles. The second-order valence-electron chi connectivity index (χ2n) is 9.16. The van der Waals surface area contributed by atoms with Gasteiger partial charge < -0.3 is 26.0 Å². The summed E-state index contributed by atoms with van der Waals surface area (Å²) in [5, 5.41) is 26.2. The number of alkyl halides is 1. The van der Waals surface area contributed by atoms with Gasteiger partial charge >= 0.3 is 5.97 Å². The zero-order valence-corrected chi connectivity index (χ0v) is 24.0. The number of nitrogens with zero attached hydrogens (tertiary/aromatic N) is 6. The monoisotopic (exact) mass is 641 g/mol. The number of aromatic nitrogens is 4. The van der Waals surface area contributed by atoms with E-state index in [0.29, 0.717) is 11.1 Å². The van der Waals surface area contributed by atoms with Gasteiger partial charge in [-0.25, -0.2) is 13.8 Å². The Bertz CT molecular complexity index is 1730. The highest BCUT2D eigenvalue weighted by molar-refractivity contribution is 8.00. The number of β-lactam (4-membered cyclic amide) rings is 1. The number of halogens is 1. The number of H-pyrrole nitrogens is 1. The first kappa shape index (κ1) is 30.1. The van der Waals surface area contributed by atoms with Crippen LogP contribution in [0.2, 0.25) is 0 Å². The predicted molar refractivity (Wildman–Crippen MR) is 152 cm³/mol. The largest absolute Gasteiger partial charge is 0.477 e. The number of rotatable bonds is 11. The fourth-order valence-electron chi connectivity index (χ4n) is 4.46. The molecule has 1 fully saturated rings. The predicted octanol–water partition coefficient (Wildman–Crippen LogP) is -0.257. The zero-order valence-electron chi connectivity index (χ0n) is 22.4. The number of carboxylic acids is 1. The Morgan fingerprint density at radius 2 is 2.11 bits per heavy atom. The van der Waals surface area contributed by atoms with E-state index in [0.717, 1.165) is 22.0 Å². The Kier molecular flexibility index (Phi) is 8.82. The Balaban J connectivity index is 1.29. The number of carboxylic acid groups (broad SMARTS) is 1. The van der Waals surface area contributed by atoms with Crippen molar-refractivity contribution in [2.24, 2.45) is 5.16 Å². The van der Waals surface area contributed by atoms with Crippen LogP contribution in [0.5, 0.6) is 0 Å². The van der Waals surface area contributed by atoms with Crippen LogP contribution in [-0.2, 0) is 25.8 Å². The van der Waals surface area contributed by atoms with Crippen LogP contribution >= 0.6 is 23.3 Å². The summed E-state index contributed by atoms with van der Waals surface area (Å²) >= 11 is 2.08. The van der Waals surface area contributed by atoms with E-state index >= 15 is 0 Å². The average Bonchev–Trinajstić information content (AvgIpc) is 3.68. The molecule has 0 aromatic carbocycles. The lowest BCUT2D eigenvalue weighted by Gasteiger charge is -2.49. The number of amides is 3. The van der Waals surface area contributed by atoms with Gasteiger partial charge in [-0.05, 0) is 11.6 Å². The molecule has 0 spiro atoms. The quantitative estimate of drug-likeness (QED) is 0.0348. The van der Waals surface area contributed by atoms with Gasteiger partial charge in [0.05, 0.1) is 0 Å². The Labute approximate surface area is 255 Å². The number of fused-ring (bicyclic) bond motifs is 1. The third kappa shape index (κ3) is 6.06. The number of aliphatic carboxylic acids is 1. The maximum atomic E-state index is 13.1. The lowest BCUT2D eigenvalue weighted by Crippen LogP contribution is -2.71. The molecule has 16 nitrogen and oxygen atoms in total. The standard InChI is InChI=1S/C25H21FN10O6S2/c26-3-6-42-33-16(19-32-25(28)44-34-19)21(38)31-17-22(39)36-18(24(40)41)14(10-43-23(17)36)9-35-4-1-12(2-5-35)13-7-15(29-8-13)20(37)30-11-27/h1-2,4-5,7-8,17,23H,3,6,9-10H2,(H5,28,30,31,32,34,37,38,40,41)/p+1. The van der Waals surface area contributed by atoms with Crippen molar-refractivity contribution in [1.29, 1.82) is 5.26 Å². The van der Waals surface area contributed by atoms with Gasteiger partial charge in [-0.2, -0.15) is 14.6 Å². The van der Waals surface area contributed by atoms with Crippen LogP contribution in [0.4, 0.5) is 9.52 Å². The molecule has 2 aliphatic heterocycles. The molecule has 2 atom stereocenters. The Morgan fingerprint density at radius 1 is 1.34 bits per heavy atom. The third-order valence-electron chi connectivity index (χ3n) is 6.42. The van der Waals surface area contributed by atoms with Crippen LogP contribution in [0, 0.1) is 11.5 Å². The summed E-state index contributed by atoms with van der Waals surface area (Å²) in [4.78, 5) is 62.9. The summed E-state index contributed by atoms with van der Waals surface area (Å²) < 4.78 is 18.2. The number of hydrogen-bond acceptors (Lipinski definition) is 12. The van der Waals surface area contributed by atoms with Crippen LogP contribution < -0.4 is 20.9 Å². The van der Waals surface area contributed by atoms with Gasteiger partial charge in [-0.1, -0.05) is 5.16 Å². The summed E-state index contributed by atoms with van der Waals surface area (Å²) in [6, 6.07) is 4.07. The normalized spacial score (nSPS) is 17.8. The fraction of sp³-hybridized carbons (Fsp3) is 0.240. The number of hydrogen-bond donors (Lipinski definition) is 5. The first-order chi connectivity index (χ1) is 21.2. The first-order valence-electron chi connectivity index (χ1n) is 12.7. The van der Waals surface area contributed by atoms with E-state index in [4.69, 9.17) is 15.8 Å². The number of nitrogens with one attached hydrogen (secondary N) is 3. The molecule has 5 heterocycles. The number of oxime groups is 1. The Hall–Kier alpha value is -5.35. The molecule has 1 saturated heterocycles. The highest BCUT2D eigenvalue weighted by atomic mass is 32.2. The highest BCUT2D eigenvalue weighted by Gasteiger charge is 2.55. The van der Waals surface area contributed by atoms with Crippen molar-refractivity contribution in [2.75, 3.05) is 24.8 Å².